The van der Waals surface area contributed by atoms with Crippen molar-refractivity contribution in [1.29, 1.82) is 0 Å². The number of carbonyl (C=O) groups is 2. The fraction of sp³-hybridized carbons (Fsp3) is 0.633. The van der Waals surface area contributed by atoms with Gasteiger partial charge in [-0.3, -0.25) is 14.3 Å². The molecule has 2 aromatic rings. The molecule has 0 spiro atoms. The van der Waals surface area contributed by atoms with Gasteiger partial charge >= 0.3 is 0 Å². The van der Waals surface area contributed by atoms with Gasteiger partial charge in [-0.15, -0.1) is 0 Å². The van der Waals surface area contributed by atoms with E-state index >= 15 is 0 Å². The number of aromatic nitrogens is 2. The zero-order valence-corrected chi connectivity index (χ0v) is 23.1. The van der Waals surface area contributed by atoms with Gasteiger partial charge in [0.2, 0.25) is 5.91 Å². The molecule has 0 atom stereocenters. The molecule has 1 aromatic heterocycles. The summed E-state index contributed by atoms with van der Waals surface area (Å²) in [6.07, 6.45) is 7.56. The Kier molecular flexibility index (Phi) is 7.16. The summed E-state index contributed by atoms with van der Waals surface area (Å²) in [5, 5.41) is 4.78. The Morgan fingerprint density at radius 2 is 1.61 bits per heavy atom. The van der Waals surface area contributed by atoms with Crippen molar-refractivity contribution in [3.8, 4) is 0 Å². The van der Waals surface area contributed by atoms with Crippen LogP contribution in [0.15, 0.2) is 18.2 Å². The minimum atomic E-state index is 0.0661. The lowest BCUT2D eigenvalue weighted by Gasteiger charge is -2.37. The highest BCUT2D eigenvalue weighted by Gasteiger charge is 2.33. The Labute approximate surface area is 226 Å². The van der Waals surface area contributed by atoms with E-state index in [0.29, 0.717) is 24.8 Å². The minimum Gasteiger partial charge on any atom is -0.368 e. The SMILES string of the molecule is Cc1cccc(N2CCN(C(=O)Cn3nc(C(=O)N4CCC(N5CCCC5)CC4)c4c3CCC4)CC2)c1C. The summed E-state index contributed by atoms with van der Waals surface area (Å²) < 4.78 is 1.85. The molecular formula is C30H42N6O2. The topological polar surface area (TPSA) is 64.9 Å². The van der Waals surface area contributed by atoms with E-state index in [-0.39, 0.29) is 18.4 Å². The molecule has 4 heterocycles. The van der Waals surface area contributed by atoms with Crippen molar-refractivity contribution in [2.45, 2.75) is 71.4 Å². The molecule has 4 aliphatic rings. The van der Waals surface area contributed by atoms with Crippen molar-refractivity contribution in [3.63, 3.8) is 0 Å². The maximum Gasteiger partial charge on any atom is 0.274 e. The quantitative estimate of drug-likeness (QED) is 0.609. The molecule has 1 aromatic carbocycles. The number of piperazine rings is 1. The van der Waals surface area contributed by atoms with Crippen LogP contribution in [-0.2, 0) is 24.2 Å². The predicted molar refractivity (Wildman–Crippen MR) is 149 cm³/mol. The number of nitrogens with zero attached hydrogens (tertiary/aromatic N) is 6. The normalized spacial score (nSPS) is 20.8. The van der Waals surface area contributed by atoms with Crippen LogP contribution in [0.25, 0.3) is 0 Å². The fourth-order valence-electron chi connectivity index (χ4n) is 7.01. The summed E-state index contributed by atoms with van der Waals surface area (Å²) in [5.74, 6) is 0.171. The first-order valence-electron chi connectivity index (χ1n) is 14.7. The van der Waals surface area contributed by atoms with Gasteiger partial charge in [0.05, 0.1) is 0 Å². The number of aryl methyl sites for hydroxylation is 1. The van der Waals surface area contributed by atoms with Gasteiger partial charge in [-0.1, -0.05) is 12.1 Å². The van der Waals surface area contributed by atoms with Crippen LogP contribution in [-0.4, -0.2) is 94.7 Å². The Hall–Kier alpha value is -2.87. The molecule has 3 aliphatic heterocycles. The summed E-state index contributed by atoms with van der Waals surface area (Å²) >= 11 is 0. The summed E-state index contributed by atoms with van der Waals surface area (Å²) in [6.45, 7) is 11.7. The van der Waals surface area contributed by atoms with E-state index in [1.54, 1.807) is 0 Å². The van der Waals surface area contributed by atoms with Gasteiger partial charge < -0.3 is 19.6 Å². The van der Waals surface area contributed by atoms with E-state index in [2.05, 4.69) is 41.8 Å². The molecule has 8 heteroatoms. The second-order valence-electron chi connectivity index (χ2n) is 11.6. The van der Waals surface area contributed by atoms with Gasteiger partial charge in [-0.25, -0.2) is 0 Å². The third-order valence-corrected chi connectivity index (χ3v) is 9.45. The molecule has 1 aliphatic carbocycles. The molecule has 204 valence electrons. The summed E-state index contributed by atoms with van der Waals surface area (Å²) in [5.41, 5.74) is 6.68. The third-order valence-electron chi connectivity index (χ3n) is 9.45. The van der Waals surface area contributed by atoms with Crippen LogP contribution in [0.1, 0.15) is 65.0 Å². The Morgan fingerprint density at radius 1 is 0.868 bits per heavy atom. The largest absolute Gasteiger partial charge is 0.368 e. The van der Waals surface area contributed by atoms with E-state index in [1.165, 1.54) is 42.7 Å². The molecule has 6 rings (SSSR count). The number of anilines is 1. The zero-order valence-electron chi connectivity index (χ0n) is 23.1. The van der Waals surface area contributed by atoms with Crippen LogP contribution >= 0.6 is 0 Å². The lowest BCUT2D eigenvalue weighted by Crippen LogP contribution is -2.50. The molecule has 0 saturated carbocycles. The van der Waals surface area contributed by atoms with E-state index in [4.69, 9.17) is 5.10 Å². The van der Waals surface area contributed by atoms with E-state index in [0.717, 1.165) is 69.5 Å². The van der Waals surface area contributed by atoms with Gasteiger partial charge in [0.25, 0.3) is 5.91 Å². The average molecular weight is 519 g/mol. The molecule has 3 fully saturated rings. The molecular weight excluding hydrogens is 476 g/mol. The van der Waals surface area contributed by atoms with Gasteiger partial charge in [0.1, 0.15) is 6.54 Å². The second-order valence-corrected chi connectivity index (χ2v) is 11.6. The molecule has 0 unspecified atom stereocenters. The van der Waals surface area contributed by atoms with Crippen molar-refractivity contribution >= 4 is 17.5 Å². The van der Waals surface area contributed by atoms with E-state index in [9.17, 15) is 9.59 Å². The van der Waals surface area contributed by atoms with Gasteiger partial charge in [0.15, 0.2) is 5.69 Å². The van der Waals surface area contributed by atoms with Crippen molar-refractivity contribution in [2.24, 2.45) is 0 Å². The van der Waals surface area contributed by atoms with Crippen LogP contribution in [0.4, 0.5) is 5.69 Å². The van der Waals surface area contributed by atoms with E-state index in [1.807, 2.05) is 14.5 Å². The predicted octanol–water partition coefficient (Wildman–Crippen LogP) is 3.04. The zero-order chi connectivity index (χ0) is 26.2. The summed E-state index contributed by atoms with van der Waals surface area (Å²) in [7, 11) is 0. The van der Waals surface area contributed by atoms with Crippen LogP contribution < -0.4 is 4.90 Å². The highest BCUT2D eigenvalue weighted by atomic mass is 16.2. The number of rotatable bonds is 5. The number of carbonyl (C=O) groups excluding carboxylic acids is 2. The van der Waals surface area contributed by atoms with Crippen LogP contribution in [0, 0.1) is 13.8 Å². The van der Waals surface area contributed by atoms with E-state index < -0.39 is 0 Å². The molecule has 0 bridgehead atoms. The smallest absolute Gasteiger partial charge is 0.274 e. The number of benzene rings is 1. The molecule has 2 amide bonds. The van der Waals surface area contributed by atoms with Gasteiger partial charge in [0, 0.05) is 62.3 Å². The first kappa shape index (κ1) is 25.4. The molecule has 0 N–H and O–H groups in total. The molecule has 0 radical (unpaired) electrons. The lowest BCUT2D eigenvalue weighted by atomic mass is 10.0. The monoisotopic (exact) mass is 518 g/mol. The van der Waals surface area contributed by atoms with Crippen LogP contribution in [0.5, 0.6) is 0 Å². The summed E-state index contributed by atoms with van der Waals surface area (Å²) in [6, 6.07) is 7.07. The van der Waals surface area contributed by atoms with Crippen LogP contribution in [0.2, 0.25) is 0 Å². The highest BCUT2D eigenvalue weighted by molar-refractivity contribution is 5.94. The minimum absolute atomic E-state index is 0.0661. The number of fused-ring (bicyclic) bond motifs is 1. The molecule has 38 heavy (non-hydrogen) atoms. The first-order valence-corrected chi connectivity index (χ1v) is 14.7. The van der Waals surface area contributed by atoms with Crippen molar-refractivity contribution < 1.29 is 9.59 Å². The maximum absolute atomic E-state index is 13.5. The number of amides is 2. The first-order chi connectivity index (χ1) is 18.5. The summed E-state index contributed by atoms with van der Waals surface area (Å²) in [4.78, 5) is 35.8. The maximum atomic E-state index is 13.5. The van der Waals surface area contributed by atoms with Crippen LogP contribution in [0.3, 0.4) is 0 Å². The lowest BCUT2D eigenvalue weighted by molar-refractivity contribution is -0.132. The average Bonchev–Trinajstić information content (AvgIpc) is 3.70. The Balaban J connectivity index is 1.08. The number of piperidine rings is 1. The van der Waals surface area contributed by atoms with Crippen molar-refractivity contribution in [2.75, 3.05) is 57.3 Å². The number of likely N-dealkylation sites (tertiary alicyclic amines) is 2. The van der Waals surface area contributed by atoms with Crippen molar-refractivity contribution in [3.05, 3.63) is 46.3 Å². The Morgan fingerprint density at radius 3 is 2.34 bits per heavy atom. The van der Waals surface area contributed by atoms with Gasteiger partial charge in [-0.2, -0.15) is 5.10 Å². The number of hydrogen-bond acceptors (Lipinski definition) is 5. The van der Waals surface area contributed by atoms with Gasteiger partial charge in [-0.05, 0) is 89.1 Å². The third kappa shape index (κ3) is 4.83. The number of hydrogen-bond donors (Lipinski definition) is 0. The molecule has 8 nitrogen and oxygen atoms in total. The Bertz CT molecular complexity index is 1180. The second kappa shape index (κ2) is 10.7. The highest BCUT2D eigenvalue weighted by Crippen LogP contribution is 2.29. The molecule has 3 saturated heterocycles. The fourth-order valence-corrected chi connectivity index (χ4v) is 7.01. The standard InChI is InChI=1S/C30H42N6O2/c1-22-7-5-9-26(23(22)2)33-17-19-34(20-18-33)28(37)21-36-27-10-6-8-25(27)29(31-36)30(38)35-15-11-24(12-16-35)32-13-3-4-14-32/h5,7,9,24H,3-4,6,8,10-21H2,1-2H3. The van der Waals surface area contributed by atoms with Crippen molar-refractivity contribution in [1.82, 2.24) is 24.5 Å².